The highest BCUT2D eigenvalue weighted by atomic mass is 35.5. The predicted octanol–water partition coefficient (Wildman–Crippen LogP) is 5.45. The van der Waals surface area contributed by atoms with E-state index in [1.54, 1.807) is 36.1 Å². The number of anilines is 2. The Balaban J connectivity index is 1.53. The lowest BCUT2D eigenvalue weighted by Gasteiger charge is -2.28. The van der Waals surface area contributed by atoms with Gasteiger partial charge in [0.2, 0.25) is 5.43 Å². The Bertz CT molecular complexity index is 2040. The highest BCUT2D eigenvalue weighted by Crippen LogP contribution is 2.49. The molecule has 2 unspecified atom stereocenters. The Morgan fingerprint density at radius 1 is 1.14 bits per heavy atom. The van der Waals surface area contributed by atoms with Crippen molar-refractivity contribution in [2.45, 2.75) is 18.9 Å². The number of hydrogen-bond acceptors (Lipinski definition) is 7. The lowest BCUT2D eigenvalue weighted by molar-refractivity contribution is 0.0695. The molecule has 5 heterocycles. The molecule has 222 valence electrons. The molecule has 0 radical (unpaired) electrons. The van der Waals surface area contributed by atoms with Crippen LogP contribution in [0.5, 0.6) is 0 Å². The second kappa shape index (κ2) is 10.1. The lowest BCUT2D eigenvalue weighted by Crippen LogP contribution is -2.35. The number of carboxylic acid groups (broad SMARTS) is 1. The van der Waals surface area contributed by atoms with Gasteiger partial charge in [0.15, 0.2) is 0 Å². The van der Waals surface area contributed by atoms with Crippen molar-refractivity contribution < 1.29 is 9.90 Å². The summed E-state index contributed by atoms with van der Waals surface area (Å²) in [7, 11) is 7.82. The van der Waals surface area contributed by atoms with Gasteiger partial charge in [0, 0.05) is 68.3 Å². The Morgan fingerprint density at radius 3 is 2.65 bits per heavy atom. The number of benzene rings is 1. The minimum absolute atomic E-state index is 0.231. The first-order valence-corrected chi connectivity index (χ1v) is 15.0. The third kappa shape index (κ3) is 4.18. The van der Waals surface area contributed by atoms with Crippen LogP contribution in [0.15, 0.2) is 35.5 Å². The summed E-state index contributed by atoms with van der Waals surface area (Å²) >= 11 is 13.6. The summed E-state index contributed by atoms with van der Waals surface area (Å²) in [6, 6.07) is 4.02. The summed E-state index contributed by atoms with van der Waals surface area (Å²) in [5.74, 6) is -0.231. The molecule has 10 nitrogen and oxygen atoms in total. The van der Waals surface area contributed by atoms with Gasteiger partial charge in [0.25, 0.3) is 0 Å². The molecule has 0 amide bonds. The van der Waals surface area contributed by atoms with Gasteiger partial charge in [-0.3, -0.25) is 4.79 Å². The van der Waals surface area contributed by atoms with Crippen molar-refractivity contribution in [3.05, 3.63) is 56.6 Å². The van der Waals surface area contributed by atoms with E-state index in [-0.39, 0.29) is 10.9 Å². The van der Waals surface area contributed by atoms with E-state index in [4.69, 9.17) is 28.2 Å². The number of fused-ring (bicyclic) bond motifs is 5. The summed E-state index contributed by atoms with van der Waals surface area (Å²) < 4.78 is 1.57. The maximum absolute atomic E-state index is 13.3. The van der Waals surface area contributed by atoms with Crippen LogP contribution < -0.4 is 15.6 Å². The van der Waals surface area contributed by atoms with Crippen LogP contribution in [0, 0.1) is 11.8 Å². The molecule has 7 rings (SSSR count). The second-order valence-corrected chi connectivity index (χ2v) is 12.7. The van der Waals surface area contributed by atoms with Crippen LogP contribution in [-0.2, 0) is 7.05 Å². The zero-order valence-electron chi connectivity index (χ0n) is 24.2. The summed E-state index contributed by atoms with van der Waals surface area (Å²) in [6.07, 6.45) is 7.16. The van der Waals surface area contributed by atoms with Gasteiger partial charge in [-0.1, -0.05) is 23.2 Å². The predicted molar refractivity (Wildman–Crippen MR) is 172 cm³/mol. The topological polar surface area (TPSA) is 119 Å². The van der Waals surface area contributed by atoms with E-state index in [9.17, 15) is 14.7 Å². The number of hydrogen-bond donors (Lipinski definition) is 3. The number of pyridine rings is 3. The molecule has 1 saturated carbocycles. The highest BCUT2D eigenvalue weighted by Gasteiger charge is 2.44. The smallest absolute Gasteiger partial charge is 0.341 e. The molecular formula is C31H31Cl2N7O3. The lowest BCUT2D eigenvalue weighted by atomic mass is 9.97. The fraction of sp³-hybridized carbons (Fsp3) is 0.355. The van der Waals surface area contributed by atoms with Crippen LogP contribution in [0.4, 0.5) is 11.4 Å². The van der Waals surface area contributed by atoms with Crippen LogP contribution >= 0.6 is 23.2 Å². The molecule has 0 spiro atoms. The molecule has 2 fully saturated rings. The number of aryl methyl sites for hydroxylation is 1. The number of rotatable bonds is 5. The number of aromatic amines is 1. The molecule has 3 N–H and O–H groups in total. The zero-order chi connectivity index (χ0) is 30.3. The van der Waals surface area contributed by atoms with Gasteiger partial charge < -0.3 is 29.8 Å². The Hall–Kier alpha value is -3.86. The SMILES string of the molecule is CNc1cc(Cl)c(Cl)c2c1[nH]c1ncc(-c3cnc4c(c3)c(=O)c(C(=O)O)cn4C)c(N3CC4CC[C@@H](N(C)C)C4C3)c12. The van der Waals surface area contributed by atoms with E-state index in [1.807, 2.05) is 7.05 Å². The van der Waals surface area contributed by atoms with Gasteiger partial charge in [0.1, 0.15) is 16.9 Å². The fourth-order valence-electron chi connectivity index (χ4n) is 7.40. The molecule has 1 saturated heterocycles. The van der Waals surface area contributed by atoms with Crippen molar-refractivity contribution in [3.8, 4) is 11.1 Å². The monoisotopic (exact) mass is 619 g/mol. The van der Waals surface area contributed by atoms with E-state index < -0.39 is 11.4 Å². The minimum atomic E-state index is -1.28. The molecule has 1 aliphatic heterocycles. The first-order chi connectivity index (χ1) is 20.6. The van der Waals surface area contributed by atoms with Crippen LogP contribution in [0.25, 0.3) is 44.1 Å². The number of H-pyrrole nitrogens is 1. The van der Waals surface area contributed by atoms with E-state index in [0.717, 1.165) is 52.7 Å². The first kappa shape index (κ1) is 27.9. The van der Waals surface area contributed by atoms with Crippen molar-refractivity contribution in [3.63, 3.8) is 0 Å². The molecular weight excluding hydrogens is 589 g/mol. The third-order valence-electron chi connectivity index (χ3n) is 9.39. The molecule has 1 aliphatic carbocycles. The normalized spacial score (nSPS) is 20.2. The van der Waals surface area contributed by atoms with Gasteiger partial charge in [-0.05, 0) is 50.9 Å². The fourth-order valence-corrected chi connectivity index (χ4v) is 7.85. The summed E-state index contributed by atoms with van der Waals surface area (Å²) in [6.45, 7) is 1.73. The number of halogens is 2. The van der Waals surface area contributed by atoms with E-state index >= 15 is 0 Å². The summed E-state index contributed by atoms with van der Waals surface area (Å²) in [5, 5.41) is 15.6. The van der Waals surface area contributed by atoms with Gasteiger partial charge in [-0.25, -0.2) is 14.8 Å². The van der Waals surface area contributed by atoms with Crippen molar-refractivity contribution in [1.82, 2.24) is 24.4 Å². The Morgan fingerprint density at radius 2 is 1.93 bits per heavy atom. The zero-order valence-corrected chi connectivity index (χ0v) is 25.7. The molecule has 0 bridgehead atoms. The van der Waals surface area contributed by atoms with Gasteiger partial charge >= 0.3 is 5.97 Å². The average Bonchev–Trinajstić information content (AvgIpc) is 3.68. The molecule has 43 heavy (non-hydrogen) atoms. The standard InChI is InChI=1S/C31H31Cl2N7O3/c1-34-21-8-20(32)25(33)23-24-27(40-11-14-5-6-22(38(2)3)18(14)13-40)17(10-35-29(24)37-26(21)23)15-7-16-28(41)19(31(42)43)12-39(4)30(16)36-9-15/h7-10,12,14,18,22,34H,5-6,11,13H2,1-4H3,(H,35,37)(H,42,43)/t14?,18?,22-/m1/s1. The molecule has 2 aliphatic rings. The average molecular weight is 621 g/mol. The maximum atomic E-state index is 13.3. The second-order valence-electron chi connectivity index (χ2n) is 11.9. The summed E-state index contributed by atoms with van der Waals surface area (Å²) in [5.41, 5.74) is 4.21. The highest BCUT2D eigenvalue weighted by molar-refractivity contribution is 6.47. The molecule has 3 atom stereocenters. The maximum Gasteiger partial charge on any atom is 0.341 e. The van der Waals surface area contributed by atoms with E-state index in [2.05, 4.69) is 39.2 Å². The number of carbonyl (C=O) groups is 1. The number of aromatic carboxylic acids is 1. The summed E-state index contributed by atoms with van der Waals surface area (Å²) in [4.78, 5) is 42.8. The molecule has 1 aromatic carbocycles. The first-order valence-electron chi connectivity index (χ1n) is 14.2. The quantitative estimate of drug-likeness (QED) is 0.237. The molecule has 4 aromatic heterocycles. The number of carboxylic acids is 1. The van der Waals surface area contributed by atoms with Crippen LogP contribution in [0.3, 0.4) is 0 Å². The number of nitrogens with one attached hydrogen (secondary N) is 2. The van der Waals surface area contributed by atoms with E-state index in [0.29, 0.717) is 44.8 Å². The van der Waals surface area contributed by atoms with E-state index in [1.165, 1.54) is 12.6 Å². The Kier molecular flexibility index (Phi) is 6.57. The van der Waals surface area contributed by atoms with Crippen LogP contribution in [-0.4, -0.2) is 75.8 Å². The van der Waals surface area contributed by atoms with Crippen molar-refractivity contribution in [1.29, 1.82) is 0 Å². The third-order valence-corrected chi connectivity index (χ3v) is 10.2. The minimum Gasteiger partial charge on any atom is -0.477 e. The largest absolute Gasteiger partial charge is 0.477 e. The van der Waals surface area contributed by atoms with Crippen molar-refractivity contribution in [2.24, 2.45) is 18.9 Å². The van der Waals surface area contributed by atoms with Crippen molar-refractivity contribution >= 4 is 73.5 Å². The van der Waals surface area contributed by atoms with Crippen LogP contribution in [0.1, 0.15) is 23.2 Å². The molecule has 12 heteroatoms. The van der Waals surface area contributed by atoms with Gasteiger partial charge in [0.05, 0.1) is 37.7 Å². The van der Waals surface area contributed by atoms with Crippen molar-refractivity contribution in [2.75, 3.05) is 44.4 Å². The van der Waals surface area contributed by atoms with Gasteiger partial charge in [-0.2, -0.15) is 0 Å². The Labute approximate surface area is 257 Å². The van der Waals surface area contributed by atoms with Gasteiger partial charge in [-0.15, -0.1) is 0 Å². The molecule has 5 aromatic rings. The van der Waals surface area contributed by atoms with Crippen LogP contribution in [0.2, 0.25) is 10.0 Å². The number of aromatic nitrogens is 4. The number of nitrogens with zero attached hydrogens (tertiary/aromatic N) is 5.